The van der Waals surface area contributed by atoms with Gasteiger partial charge in [0.25, 0.3) is 0 Å². The minimum Gasteiger partial charge on any atom is -0.365 e. The molecular formula is C16H20N4O. The van der Waals surface area contributed by atoms with Gasteiger partial charge in [0.2, 0.25) is 5.91 Å². The number of unbranched alkanes of at least 4 members (excludes halogenated alkanes) is 1. The van der Waals surface area contributed by atoms with E-state index in [1.54, 1.807) is 6.07 Å². The monoisotopic (exact) mass is 284 g/mol. The molecule has 1 heterocycles. The van der Waals surface area contributed by atoms with Crippen LogP contribution in [0.15, 0.2) is 42.5 Å². The number of hydrogen-bond acceptors (Lipinski definition) is 4. The first-order valence-electron chi connectivity index (χ1n) is 7.19. The van der Waals surface area contributed by atoms with Crippen LogP contribution in [0.1, 0.15) is 31.7 Å². The van der Waals surface area contributed by atoms with Crippen LogP contribution in [-0.2, 0) is 11.3 Å². The molecule has 0 aliphatic heterocycles. The topological polar surface area (TPSA) is 66.9 Å². The fourth-order valence-electron chi connectivity index (χ4n) is 1.82. The van der Waals surface area contributed by atoms with Gasteiger partial charge in [-0.3, -0.25) is 4.79 Å². The van der Waals surface area contributed by atoms with Gasteiger partial charge in [0.05, 0.1) is 0 Å². The molecule has 0 unspecified atom stereocenters. The van der Waals surface area contributed by atoms with Gasteiger partial charge >= 0.3 is 0 Å². The second-order valence-electron chi connectivity index (χ2n) is 4.79. The first kappa shape index (κ1) is 15.0. The fraction of sp³-hybridized carbons (Fsp3) is 0.312. The molecule has 0 saturated carbocycles. The largest absolute Gasteiger partial charge is 0.365 e. The van der Waals surface area contributed by atoms with E-state index >= 15 is 0 Å². The molecule has 110 valence electrons. The Labute approximate surface area is 124 Å². The summed E-state index contributed by atoms with van der Waals surface area (Å²) in [7, 11) is 0. The summed E-state index contributed by atoms with van der Waals surface area (Å²) in [6.07, 6.45) is 2.41. The third-order valence-corrected chi connectivity index (χ3v) is 3.01. The van der Waals surface area contributed by atoms with E-state index in [1.165, 1.54) is 5.56 Å². The molecule has 2 rings (SSSR count). The molecule has 0 aliphatic carbocycles. The predicted molar refractivity (Wildman–Crippen MR) is 84.0 cm³/mol. The molecule has 0 aliphatic rings. The van der Waals surface area contributed by atoms with Crippen molar-refractivity contribution in [3.63, 3.8) is 0 Å². The second kappa shape index (κ2) is 7.99. The van der Waals surface area contributed by atoms with Crippen molar-refractivity contribution in [3.8, 4) is 0 Å². The summed E-state index contributed by atoms with van der Waals surface area (Å²) in [5.41, 5.74) is 1.18. The number of benzene rings is 1. The first-order chi connectivity index (χ1) is 10.3. The molecule has 21 heavy (non-hydrogen) atoms. The average Bonchev–Trinajstić information content (AvgIpc) is 2.53. The number of aromatic nitrogens is 2. The van der Waals surface area contributed by atoms with Crippen LogP contribution in [0.2, 0.25) is 0 Å². The quantitative estimate of drug-likeness (QED) is 0.819. The molecule has 0 bridgehead atoms. The Hall–Kier alpha value is -2.43. The zero-order valence-corrected chi connectivity index (χ0v) is 12.2. The molecule has 2 N–H and O–H groups in total. The van der Waals surface area contributed by atoms with E-state index in [0.29, 0.717) is 24.6 Å². The maximum Gasteiger partial charge on any atom is 0.225 e. The maximum absolute atomic E-state index is 11.6. The van der Waals surface area contributed by atoms with E-state index < -0.39 is 0 Å². The smallest absolute Gasteiger partial charge is 0.225 e. The van der Waals surface area contributed by atoms with Crippen molar-refractivity contribution in [2.45, 2.75) is 32.7 Å². The van der Waals surface area contributed by atoms with Gasteiger partial charge in [0, 0.05) is 13.0 Å². The molecule has 5 nitrogen and oxygen atoms in total. The van der Waals surface area contributed by atoms with E-state index in [-0.39, 0.29) is 5.91 Å². The Morgan fingerprint density at radius 2 is 1.76 bits per heavy atom. The van der Waals surface area contributed by atoms with Crippen LogP contribution in [0.4, 0.5) is 11.6 Å². The first-order valence-corrected chi connectivity index (χ1v) is 7.19. The number of nitrogens with one attached hydrogen (secondary N) is 2. The van der Waals surface area contributed by atoms with Gasteiger partial charge in [-0.15, -0.1) is 10.2 Å². The summed E-state index contributed by atoms with van der Waals surface area (Å²) in [4.78, 5) is 11.6. The summed E-state index contributed by atoms with van der Waals surface area (Å²) < 4.78 is 0. The van der Waals surface area contributed by atoms with Crippen LogP contribution >= 0.6 is 0 Å². The highest BCUT2D eigenvalue weighted by Gasteiger charge is 2.03. The molecule has 0 atom stereocenters. The number of carbonyl (C=O) groups is 1. The summed E-state index contributed by atoms with van der Waals surface area (Å²) in [5.74, 6) is 1.16. The molecular weight excluding hydrogens is 264 g/mol. The molecule has 0 fully saturated rings. The van der Waals surface area contributed by atoms with Crippen molar-refractivity contribution >= 4 is 17.5 Å². The number of amides is 1. The molecule has 5 heteroatoms. The van der Waals surface area contributed by atoms with E-state index in [0.717, 1.165) is 12.8 Å². The third-order valence-electron chi connectivity index (χ3n) is 3.01. The van der Waals surface area contributed by atoms with Crippen molar-refractivity contribution < 1.29 is 4.79 Å². The Morgan fingerprint density at radius 1 is 1.05 bits per heavy atom. The summed E-state index contributed by atoms with van der Waals surface area (Å²) in [5, 5.41) is 14.0. The normalized spacial score (nSPS) is 10.1. The average molecular weight is 284 g/mol. The van der Waals surface area contributed by atoms with Crippen LogP contribution in [-0.4, -0.2) is 16.1 Å². The lowest BCUT2D eigenvalue weighted by Gasteiger charge is -2.06. The molecule has 0 spiro atoms. The second-order valence-corrected chi connectivity index (χ2v) is 4.79. The number of hydrogen-bond donors (Lipinski definition) is 2. The van der Waals surface area contributed by atoms with Gasteiger partial charge in [-0.05, 0) is 24.1 Å². The van der Waals surface area contributed by atoms with Gasteiger partial charge in [0.1, 0.15) is 5.82 Å². The van der Waals surface area contributed by atoms with E-state index in [2.05, 4.69) is 27.8 Å². The van der Waals surface area contributed by atoms with Crippen molar-refractivity contribution in [2.24, 2.45) is 0 Å². The van der Waals surface area contributed by atoms with E-state index in [9.17, 15) is 4.79 Å². The summed E-state index contributed by atoms with van der Waals surface area (Å²) >= 11 is 0. The summed E-state index contributed by atoms with van der Waals surface area (Å²) in [6, 6.07) is 13.6. The third kappa shape index (κ3) is 5.22. The van der Waals surface area contributed by atoms with Crippen LogP contribution < -0.4 is 10.6 Å². The summed E-state index contributed by atoms with van der Waals surface area (Å²) in [6.45, 7) is 2.75. The molecule has 1 aromatic carbocycles. The van der Waals surface area contributed by atoms with Gasteiger partial charge in [-0.2, -0.15) is 0 Å². The van der Waals surface area contributed by atoms with Gasteiger partial charge in [-0.25, -0.2) is 0 Å². The molecule has 0 saturated heterocycles. The van der Waals surface area contributed by atoms with Gasteiger partial charge in [-0.1, -0.05) is 43.7 Å². The number of anilines is 2. The van der Waals surface area contributed by atoms with Crippen LogP contribution in [0.5, 0.6) is 0 Å². The molecule has 1 amide bonds. The zero-order chi connectivity index (χ0) is 14.9. The van der Waals surface area contributed by atoms with Crippen molar-refractivity contribution in [3.05, 3.63) is 48.0 Å². The van der Waals surface area contributed by atoms with Gasteiger partial charge in [0.15, 0.2) is 5.82 Å². The highest BCUT2D eigenvalue weighted by Crippen LogP contribution is 2.09. The minimum absolute atomic E-state index is 0.0175. The minimum atomic E-state index is -0.0175. The van der Waals surface area contributed by atoms with Crippen LogP contribution in [0, 0.1) is 0 Å². The van der Waals surface area contributed by atoms with E-state index in [1.807, 2.05) is 36.4 Å². The highest BCUT2D eigenvalue weighted by atomic mass is 16.1. The Balaban J connectivity index is 1.83. The van der Waals surface area contributed by atoms with Gasteiger partial charge < -0.3 is 10.6 Å². The van der Waals surface area contributed by atoms with Crippen molar-refractivity contribution in [2.75, 3.05) is 10.6 Å². The number of carbonyl (C=O) groups excluding carboxylic acids is 1. The van der Waals surface area contributed by atoms with Crippen molar-refractivity contribution in [1.29, 1.82) is 0 Å². The van der Waals surface area contributed by atoms with Crippen molar-refractivity contribution in [1.82, 2.24) is 10.2 Å². The fourth-order valence-corrected chi connectivity index (χ4v) is 1.82. The lowest BCUT2D eigenvalue weighted by molar-refractivity contribution is -0.116. The zero-order valence-electron chi connectivity index (χ0n) is 12.2. The Bertz CT molecular complexity index is 554. The predicted octanol–water partition coefficient (Wildman–Crippen LogP) is 3.22. The molecule has 0 radical (unpaired) electrons. The Morgan fingerprint density at radius 3 is 2.43 bits per heavy atom. The lowest BCUT2D eigenvalue weighted by Crippen LogP contribution is -2.13. The maximum atomic E-state index is 11.6. The molecule has 2 aromatic rings. The van der Waals surface area contributed by atoms with Crippen LogP contribution in [0.25, 0.3) is 0 Å². The van der Waals surface area contributed by atoms with E-state index in [4.69, 9.17) is 0 Å². The highest BCUT2D eigenvalue weighted by molar-refractivity contribution is 5.89. The van der Waals surface area contributed by atoms with Crippen LogP contribution in [0.3, 0.4) is 0 Å². The lowest BCUT2D eigenvalue weighted by atomic mass is 10.2. The Kier molecular flexibility index (Phi) is 5.70. The standard InChI is InChI=1S/C16H20N4O/c1-2-3-9-16(21)18-15-11-10-14(19-20-15)17-12-13-7-5-4-6-8-13/h4-8,10-11H,2-3,9,12H2,1H3,(H,17,19)(H,18,20,21). The SMILES string of the molecule is CCCCC(=O)Nc1ccc(NCc2ccccc2)nn1. The molecule has 1 aromatic heterocycles. The number of rotatable bonds is 7. The number of nitrogens with zero attached hydrogens (tertiary/aromatic N) is 2.